The molecule has 3 N–H and O–H groups in total. The summed E-state index contributed by atoms with van der Waals surface area (Å²) >= 11 is 0. The molecule has 1 fully saturated rings. The van der Waals surface area contributed by atoms with Crippen LogP contribution in [0.4, 0.5) is 5.69 Å². The minimum absolute atomic E-state index is 0.279. The molecule has 7 nitrogen and oxygen atoms in total. The molecule has 1 saturated heterocycles. The van der Waals surface area contributed by atoms with Crippen molar-refractivity contribution in [3.05, 3.63) is 54.4 Å². The van der Waals surface area contributed by atoms with Crippen molar-refractivity contribution in [3.63, 3.8) is 0 Å². The number of rotatable bonds is 7. The Morgan fingerprint density at radius 3 is 2.86 bits per heavy atom. The summed E-state index contributed by atoms with van der Waals surface area (Å²) in [5.41, 5.74) is 1.93. The lowest BCUT2D eigenvalue weighted by atomic mass is 10.1. The van der Waals surface area contributed by atoms with Crippen LogP contribution in [0, 0.1) is 0 Å². The van der Waals surface area contributed by atoms with Gasteiger partial charge >= 0.3 is 0 Å². The summed E-state index contributed by atoms with van der Waals surface area (Å²) in [7, 11) is 1.70. The molecule has 1 aromatic heterocycles. The van der Waals surface area contributed by atoms with Gasteiger partial charge in [0.1, 0.15) is 5.75 Å². The smallest absolute Gasteiger partial charge is 0.191 e. The number of nitrogens with zero attached hydrogens (tertiary/aromatic N) is 3. The maximum absolute atomic E-state index is 10.3. The van der Waals surface area contributed by atoms with E-state index in [1.54, 1.807) is 19.5 Å². The van der Waals surface area contributed by atoms with Crippen molar-refractivity contribution in [1.82, 2.24) is 15.6 Å². The predicted octanol–water partition coefficient (Wildman–Crippen LogP) is 1.96. The van der Waals surface area contributed by atoms with Crippen molar-refractivity contribution < 1.29 is 9.84 Å². The second-order valence-electron chi connectivity index (χ2n) is 6.76. The fraction of sp³-hybridized carbons (Fsp3) is 0.429. The van der Waals surface area contributed by atoms with Gasteiger partial charge in [-0.3, -0.25) is 9.98 Å². The largest absolute Gasteiger partial charge is 0.495 e. The van der Waals surface area contributed by atoms with Crippen LogP contribution in [0.1, 0.15) is 25.0 Å². The highest BCUT2D eigenvalue weighted by atomic mass is 16.5. The van der Waals surface area contributed by atoms with Crippen molar-refractivity contribution in [2.75, 3.05) is 38.2 Å². The van der Waals surface area contributed by atoms with Crippen molar-refractivity contribution in [1.29, 1.82) is 0 Å². The molecule has 7 heteroatoms. The zero-order valence-electron chi connectivity index (χ0n) is 16.5. The minimum Gasteiger partial charge on any atom is -0.495 e. The predicted molar refractivity (Wildman–Crippen MR) is 112 cm³/mol. The quantitative estimate of drug-likeness (QED) is 0.501. The average molecular weight is 383 g/mol. The molecule has 0 bridgehead atoms. The zero-order valence-corrected chi connectivity index (χ0v) is 16.5. The molecule has 0 amide bonds. The first-order chi connectivity index (χ1) is 13.7. The van der Waals surface area contributed by atoms with Crippen LogP contribution in [-0.4, -0.2) is 55.4 Å². The van der Waals surface area contributed by atoms with Crippen LogP contribution >= 0.6 is 0 Å². The Kier molecular flexibility index (Phi) is 7.08. The van der Waals surface area contributed by atoms with E-state index in [9.17, 15) is 5.11 Å². The molecule has 0 spiro atoms. The minimum atomic E-state index is -0.646. The van der Waals surface area contributed by atoms with E-state index in [-0.39, 0.29) is 6.04 Å². The Balaban J connectivity index is 1.60. The maximum atomic E-state index is 10.3. The Morgan fingerprint density at radius 1 is 1.32 bits per heavy atom. The number of aliphatic hydroxyl groups is 1. The zero-order chi connectivity index (χ0) is 19.8. The van der Waals surface area contributed by atoms with Gasteiger partial charge in [0.15, 0.2) is 5.96 Å². The molecule has 2 atom stereocenters. The lowest BCUT2D eigenvalue weighted by Crippen LogP contribution is -2.44. The van der Waals surface area contributed by atoms with Gasteiger partial charge in [0.2, 0.25) is 0 Å². The first kappa shape index (κ1) is 19.9. The highest BCUT2D eigenvalue weighted by Crippen LogP contribution is 2.30. The number of ether oxygens (including phenoxy) is 1. The first-order valence-corrected chi connectivity index (χ1v) is 9.72. The van der Waals surface area contributed by atoms with E-state index >= 15 is 0 Å². The van der Waals surface area contributed by atoms with E-state index in [1.165, 1.54) is 0 Å². The van der Waals surface area contributed by atoms with Crippen molar-refractivity contribution in [2.45, 2.75) is 25.5 Å². The van der Waals surface area contributed by atoms with Gasteiger partial charge in [-0.25, -0.2) is 0 Å². The molecule has 2 heterocycles. The normalized spacial score (nSPS) is 18.0. The lowest BCUT2D eigenvalue weighted by Gasteiger charge is -2.22. The van der Waals surface area contributed by atoms with Crippen LogP contribution in [0.2, 0.25) is 0 Å². The fourth-order valence-corrected chi connectivity index (χ4v) is 3.37. The number of nitrogens with one attached hydrogen (secondary N) is 2. The number of guanidine groups is 1. The number of para-hydroxylation sites is 2. The Morgan fingerprint density at radius 2 is 2.11 bits per heavy atom. The van der Waals surface area contributed by atoms with Gasteiger partial charge in [-0.05, 0) is 43.2 Å². The van der Waals surface area contributed by atoms with E-state index in [1.807, 2.05) is 37.3 Å². The molecule has 3 rings (SSSR count). The molecular formula is C21H29N5O2. The molecule has 0 aliphatic carbocycles. The van der Waals surface area contributed by atoms with Crippen LogP contribution in [0.5, 0.6) is 5.75 Å². The molecule has 2 aromatic rings. The van der Waals surface area contributed by atoms with Crippen LogP contribution in [0.3, 0.4) is 0 Å². The van der Waals surface area contributed by atoms with Gasteiger partial charge in [0.05, 0.1) is 25.4 Å². The molecule has 150 valence electrons. The van der Waals surface area contributed by atoms with E-state index < -0.39 is 6.10 Å². The van der Waals surface area contributed by atoms with Gasteiger partial charge in [0.25, 0.3) is 0 Å². The number of aliphatic imine (C=N–C) groups is 1. The molecule has 28 heavy (non-hydrogen) atoms. The monoisotopic (exact) mass is 383 g/mol. The lowest BCUT2D eigenvalue weighted by molar-refractivity contribution is 0.187. The number of benzene rings is 1. The third-order valence-electron chi connectivity index (χ3n) is 4.81. The highest BCUT2D eigenvalue weighted by Gasteiger charge is 2.25. The maximum Gasteiger partial charge on any atom is 0.191 e. The first-order valence-electron chi connectivity index (χ1n) is 9.72. The van der Waals surface area contributed by atoms with Crippen LogP contribution in [0.15, 0.2) is 53.8 Å². The van der Waals surface area contributed by atoms with Crippen LogP contribution in [-0.2, 0) is 0 Å². The van der Waals surface area contributed by atoms with Gasteiger partial charge in [-0.15, -0.1) is 0 Å². The summed E-state index contributed by atoms with van der Waals surface area (Å²) in [5.74, 6) is 1.62. The highest BCUT2D eigenvalue weighted by molar-refractivity contribution is 5.80. The third-order valence-corrected chi connectivity index (χ3v) is 4.81. The summed E-state index contributed by atoms with van der Waals surface area (Å²) in [6, 6.07) is 12.0. The SMILES string of the molecule is CCNC(=NCC(O)c1ccncc1)NC1CCN(c2ccccc2OC)C1. The second-order valence-corrected chi connectivity index (χ2v) is 6.76. The van der Waals surface area contributed by atoms with Crippen molar-refractivity contribution in [3.8, 4) is 5.75 Å². The van der Waals surface area contributed by atoms with Gasteiger partial charge in [-0.2, -0.15) is 0 Å². The van der Waals surface area contributed by atoms with E-state index in [2.05, 4.69) is 31.6 Å². The Labute approximate surface area is 166 Å². The number of pyridine rings is 1. The topological polar surface area (TPSA) is 82.0 Å². The number of aromatic nitrogens is 1. The van der Waals surface area contributed by atoms with Gasteiger partial charge in [0, 0.05) is 38.1 Å². The Bertz CT molecular complexity index is 768. The fourth-order valence-electron chi connectivity index (χ4n) is 3.37. The van der Waals surface area contributed by atoms with Gasteiger partial charge in [-0.1, -0.05) is 12.1 Å². The number of hydrogen-bond donors (Lipinski definition) is 3. The Hall–Kier alpha value is -2.80. The molecular weight excluding hydrogens is 354 g/mol. The number of methoxy groups -OCH3 is 1. The molecule has 1 aliphatic rings. The summed E-state index contributed by atoms with van der Waals surface area (Å²) < 4.78 is 5.49. The standard InChI is InChI=1S/C21H29N5O2/c1-3-23-21(24-14-19(27)16-8-11-22-12-9-16)25-17-10-13-26(15-17)18-6-4-5-7-20(18)28-2/h4-9,11-12,17,19,27H,3,10,13-15H2,1-2H3,(H2,23,24,25). The number of aliphatic hydroxyl groups excluding tert-OH is 1. The molecule has 0 radical (unpaired) electrons. The molecule has 0 saturated carbocycles. The summed E-state index contributed by atoms with van der Waals surface area (Å²) in [6.07, 6.45) is 3.72. The third kappa shape index (κ3) is 5.13. The number of anilines is 1. The summed E-state index contributed by atoms with van der Waals surface area (Å²) in [5, 5.41) is 17.1. The van der Waals surface area contributed by atoms with Gasteiger partial charge < -0.3 is 25.4 Å². The molecule has 2 unspecified atom stereocenters. The molecule has 1 aromatic carbocycles. The van der Waals surface area contributed by atoms with E-state index in [0.29, 0.717) is 6.54 Å². The van der Waals surface area contributed by atoms with Crippen molar-refractivity contribution >= 4 is 11.6 Å². The number of hydrogen-bond acceptors (Lipinski definition) is 5. The van der Waals surface area contributed by atoms with Crippen LogP contribution in [0.25, 0.3) is 0 Å². The van der Waals surface area contributed by atoms with Crippen molar-refractivity contribution in [2.24, 2.45) is 4.99 Å². The van der Waals surface area contributed by atoms with E-state index in [0.717, 1.165) is 49.0 Å². The average Bonchev–Trinajstić information content (AvgIpc) is 3.21. The van der Waals surface area contributed by atoms with Crippen LogP contribution < -0.4 is 20.3 Å². The van der Waals surface area contributed by atoms with E-state index in [4.69, 9.17) is 4.74 Å². The summed E-state index contributed by atoms with van der Waals surface area (Å²) in [4.78, 5) is 10.9. The summed E-state index contributed by atoms with van der Waals surface area (Å²) in [6.45, 7) is 4.92. The second kappa shape index (κ2) is 9.94. The molecule has 1 aliphatic heterocycles.